The summed E-state index contributed by atoms with van der Waals surface area (Å²) in [5, 5.41) is 5.77. The highest BCUT2D eigenvalue weighted by atomic mass is 16.5. The summed E-state index contributed by atoms with van der Waals surface area (Å²) in [6.07, 6.45) is 1.17. The van der Waals surface area contributed by atoms with Gasteiger partial charge in [-0.3, -0.25) is 9.59 Å². The Balaban J connectivity index is 1.60. The number of anilines is 1. The lowest BCUT2D eigenvalue weighted by atomic mass is 10.0. The molecule has 0 saturated heterocycles. The third kappa shape index (κ3) is 3.65. The molecule has 0 unspecified atom stereocenters. The lowest BCUT2D eigenvalue weighted by Gasteiger charge is -2.16. The van der Waals surface area contributed by atoms with Crippen LogP contribution in [0.1, 0.15) is 24.0 Å². The van der Waals surface area contributed by atoms with Crippen molar-refractivity contribution < 1.29 is 14.3 Å². The largest absolute Gasteiger partial charge is 0.497 e. The normalized spacial score (nSPS) is 14.5. The van der Waals surface area contributed by atoms with Crippen LogP contribution in [0.3, 0.4) is 0 Å². The third-order valence-electron chi connectivity index (χ3n) is 4.62. The van der Waals surface area contributed by atoms with Crippen molar-refractivity contribution in [1.29, 1.82) is 0 Å². The number of para-hydroxylation sites is 1. The first-order valence-electron chi connectivity index (χ1n) is 8.33. The van der Waals surface area contributed by atoms with E-state index in [2.05, 4.69) is 10.6 Å². The minimum atomic E-state index is -0.936. The highest BCUT2D eigenvalue weighted by Crippen LogP contribution is 2.47. The maximum Gasteiger partial charge on any atom is 0.240 e. The molecule has 0 aliphatic heterocycles. The Bertz CT molecular complexity index is 780. The van der Waals surface area contributed by atoms with Crippen LogP contribution >= 0.6 is 0 Å². The van der Waals surface area contributed by atoms with Crippen LogP contribution in [-0.2, 0) is 16.1 Å². The van der Waals surface area contributed by atoms with Gasteiger partial charge in [-0.1, -0.05) is 30.3 Å². The summed E-state index contributed by atoms with van der Waals surface area (Å²) in [5.41, 5.74) is 1.76. The van der Waals surface area contributed by atoms with E-state index in [-0.39, 0.29) is 11.8 Å². The van der Waals surface area contributed by atoms with Crippen molar-refractivity contribution in [3.8, 4) is 5.75 Å². The van der Waals surface area contributed by atoms with E-state index in [9.17, 15) is 9.59 Å². The van der Waals surface area contributed by atoms with E-state index in [1.807, 2.05) is 55.5 Å². The number of rotatable bonds is 6. The van der Waals surface area contributed by atoms with Gasteiger partial charge in [-0.25, -0.2) is 0 Å². The number of carbonyl (C=O) groups excluding carboxylic acids is 2. The topological polar surface area (TPSA) is 67.4 Å². The van der Waals surface area contributed by atoms with Gasteiger partial charge in [0.05, 0.1) is 7.11 Å². The molecule has 130 valence electrons. The number of carbonyl (C=O) groups is 2. The minimum absolute atomic E-state index is 0.214. The summed E-state index contributed by atoms with van der Waals surface area (Å²) >= 11 is 0. The summed E-state index contributed by atoms with van der Waals surface area (Å²) in [7, 11) is 1.61. The fraction of sp³-hybridized carbons (Fsp3) is 0.300. The molecule has 0 aromatic heterocycles. The van der Waals surface area contributed by atoms with Crippen LogP contribution in [0.25, 0.3) is 0 Å². The summed E-state index contributed by atoms with van der Waals surface area (Å²) < 4.78 is 5.12. The number of benzene rings is 2. The van der Waals surface area contributed by atoms with Gasteiger partial charge in [-0.15, -0.1) is 0 Å². The average molecular weight is 338 g/mol. The molecule has 0 spiro atoms. The highest BCUT2D eigenvalue weighted by Gasteiger charge is 2.56. The predicted octanol–water partition coefficient (Wildman–Crippen LogP) is 3.04. The van der Waals surface area contributed by atoms with Crippen LogP contribution in [-0.4, -0.2) is 18.9 Å². The Morgan fingerprint density at radius 1 is 1.04 bits per heavy atom. The SMILES string of the molecule is COc1ccc(CNC(=O)C2(C(=O)Nc3ccccc3C)CC2)cc1. The summed E-state index contributed by atoms with van der Waals surface area (Å²) in [5.74, 6) is 0.329. The zero-order valence-corrected chi connectivity index (χ0v) is 14.5. The van der Waals surface area contributed by atoms with Gasteiger partial charge in [0.1, 0.15) is 11.2 Å². The molecule has 2 N–H and O–H groups in total. The van der Waals surface area contributed by atoms with E-state index < -0.39 is 5.41 Å². The zero-order chi connectivity index (χ0) is 17.9. The van der Waals surface area contributed by atoms with Gasteiger partial charge in [0.2, 0.25) is 11.8 Å². The maximum atomic E-state index is 12.6. The fourth-order valence-corrected chi connectivity index (χ4v) is 2.73. The van der Waals surface area contributed by atoms with Crippen LogP contribution in [0.2, 0.25) is 0 Å². The first-order chi connectivity index (χ1) is 12.0. The molecule has 2 amide bonds. The molecule has 0 bridgehead atoms. The third-order valence-corrected chi connectivity index (χ3v) is 4.62. The van der Waals surface area contributed by atoms with Gasteiger partial charge >= 0.3 is 0 Å². The van der Waals surface area contributed by atoms with E-state index in [0.29, 0.717) is 19.4 Å². The van der Waals surface area contributed by atoms with E-state index in [1.54, 1.807) is 7.11 Å². The summed E-state index contributed by atoms with van der Waals surface area (Å²) in [6, 6.07) is 15.0. The van der Waals surface area contributed by atoms with Crippen LogP contribution in [0.5, 0.6) is 5.75 Å². The first-order valence-corrected chi connectivity index (χ1v) is 8.33. The van der Waals surface area contributed by atoms with Crippen molar-refractivity contribution in [1.82, 2.24) is 5.32 Å². The smallest absolute Gasteiger partial charge is 0.240 e. The lowest BCUT2D eigenvalue weighted by molar-refractivity contribution is -0.134. The quantitative estimate of drug-likeness (QED) is 0.796. The van der Waals surface area contributed by atoms with E-state index >= 15 is 0 Å². The molecule has 0 radical (unpaired) electrons. The van der Waals surface area contributed by atoms with Gasteiger partial charge in [0.15, 0.2) is 0 Å². The molecule has 1 aliphatic rings. The molecule has 2 aromatic carbocycles. The molecule has 3 rings (SSSR count). The van der Waals surface area contributed by atoms with Crippen LogP contribution in [0.15, 0.2) is 48.5 Å². The predicted molar refractivity (Wildman–Crippen MR) is 96.3 cm³/mol. The van der Waals surface area contributed by atoms with Gasteiger partial charge < -0.3 is 15.4 Å². The van der Waals surface area contributed by atoms with E-state index in [1.165, 1.54) is 0 Å². The molecule has 1 fully saturated rings. The number of hydrogen-bond acceptors (Lipinski definition) is 3. The molecular formula is C20H22N2O3. The molecule has 1 saturated carbocycles. The molecule has 5 nitrogen and oxygen atoms in total. The van der Waals surface area contributed by atoms with Crippen molar-refractivity contribution in [3.63, 3.8) is 0 Å². The maximum absolute atomic E-state index is 12.6. The average Bonchev–Trinajstić information content (AvgIpc) is 3.44. The van der Waals surface area contributed by atoms with Crippen LogP contribution in [0.4, 0.5) is 5.69 Å². The number of nitrogens with one attached hydrogen (secondary N) is 2. The van der Waals surface area contributed by atoms with E-state index in [4.69, 9.17) is 4.74 Å². The molecule has 5 heteroatoms. The Morgan fingerprint density at radius 2 is 1.72 bits per heavy atom. The molecule has 25 heavy (non-hydrogen) atoms. The zero-order valence-electron chi connectivity index (χ0n) is 14.5. The van der Waals surface area contributed by atoms with Crippen molar-refractivity contribution in [2.75, 3.05) is 12.4 Å². The first kappa shape index (κ1) is 17.0. The molecular weight excluding hydrogens is 316 g/mol. The van der Waals surface area contributed by atoms with Crippen LogP contribution < -0.4 is 15.4 Å². The van der Waals surface area contributed by atoms with Crippen molar-refractivity contribution >= 4 is 17.5 Å². The van der Waals surface area contributed by atoms with Gasteiger partial charge in [-0.2, -0.15) is 0 Å². The minimum Gasteiger partial charge on any atom is -0.497 e. The fourth-order valence-electron chi connectivity index (χ4n) is 2.73. The molecule has 2 aromatic rings. The van der Waals surface area contributed by atoms with Gasteiger partial charge in [0.25, 0.3) is 0 Å². The van der Waals surface area contributed by atoms with E-state index in [0.717, 1.165) is 22.6 Å². The molecule has 0 atom stereocenters. The summed E-state index contributed by atoms with van der Waals surface area (Å²) in [4.78, 5) is 25.1. The second-order valence-electron chi connectivity index (χ2n) is 6.38. The Morgan fingerprint density at radius 3 is 2.32 bits per heavy atom. The molecule has 0 heterocycles. The number of amides is 2. The molecule has 1 aliphatic carbocycles. The van der Waals surface area contributed by atoms with Crippen molar-refractivity contribution in [2.45, 2.75) is 26.3 Å². The summed E-state index contributed by atoms with van der Waals surface area (Å²) in [6.45, 7) is 2.32. The van der Waals surface area contributed by atoms with Gasteiger partial charge in [0, 0.05) is 12.2 Å². The van der Waals surface area contributed by atoms with Gasteiger partial charge in [-0.05, 0) is 49.1 Å². The second kappa shape index (κ2) is 6.97. The standard InChI is InChI=1S/C20H22N2O3/c1-14-5-3-4-6-17(14)22-19(24)20(11-12-20)18(23)21-13-15-7-9-16(25-2)10-8-15/h3-10H,11-13H2,1-2H3,(H,21,23)(H,22,24). The Kier molecular flexibility index (Phi) is 4.74. The lowest BCUT2D eigenvalue weighted by Crippen LogP contribution is -2.39. The van der Waals surface area contributed by atoms with Crippen molar-refractivity contribution in [3.05, 3.63) is 59.7 Å². The Labute approximate surface area is 147 Å². The number of methoxy groups -OCH3 is 1. The van der Waals surface area contributed by atoms with Crippen molar-refractivity contribution in [2.24, 2.45) is 5.41 Å². The second-order valence-corrected chi connectivity index (χ2v) is 6.38. The number of ether oxygens (including phenoxy) is 1. The number of aryl methyl sites for hydroxylation is 1. The highest BCUT2D eigenvalue weighted by molar-refractivity contribution is 6.13. The Hall–Kier alpha value is -2.82. The number of hydrogen-bond donors (Lipinski definition) is 2. The van der Waals surface area contributed by atoms with Crippen LogP contribution in [0, 0.1) is 12.3 Å². The monoisotopic (exact) mass is 338 g/mol.